The molecule has 122 valence electrons. The molecule has 1 aliphatic rings. The third kappa shape index (κ3) is 3.74. The van der Waals surface area contributed by atoms with E-state index in [0.717, 1.165) is 24.8 Å². The molecular formula is C16H21Cl2NO3. The molecule has 1 unspecified atom stereocenters. The van der Waals surface area contributed by atoms with Gasteiger partial charge in [-0.3, -0.25) is 4.79 Å². The van der Waals surface area contributed by atoms with E-state index in [1.807, 2.05) is 6.07 Å². The zero-order valence-corrected chi connectivity index (χ0v) is 14.1. The van der Waals surface area contributed by atoms with Crippen LogP contribution in [0.15, 0.2) is 18.2 Å². The second kappa shape index (κ2) is 7.64. The predicted octanol–water partition coefficient (Wildman–Crippen LogP) is 2.93. The summed E-state index contributed by atoms with van der Waals surface area (Å²) < 4.78 is 4.86. The molecule has 0 aromatic heterocycles. The highest BCUT2D eigenvalue weighted by Gasteiger charge is 2.45. The number of aliphatic hydroxyl groups excluding tert-OH is 1. The summed E-state index contributed by atoms with van der Waals surface area (Å²) in [6, 6.07) is 5.38. The Labute approximate surface area is 140 Å². The Bertz CT molecular complexity index is 532. The number of aliphatic hydroxyl groups is 1. The summed E-state index contributed by atoms with van der Waals surface area (Å²) in [5, 5.41) is 13.5. The second-order valence-electron chi connectivity index (χ2n) is 5.72. The van der Waals surface area contributed by atoms with Crippen LogP contribution in [0.5, 0.6) is 0 Å². The summed E-state index contributed by atoms with van der Waals surface area (Å²) in [6.07, 6.45) is 2.53. The molecule has 1 aromatic rings. The van der Waals surface area contributed by atoms with Crippen molar-refractivity contribution in [2.45, 2.75) is 37.2 Å². The Morgan fingerprint density at radius 1 is 1.41 bits per heavy atom. The predicted molar refractivity (Wildman–Crippen MR) is 87.5 cm³/mol. The van der Waals surface area contributed by atoms with Crippen LogP contribution in [0.2, 0.25) is 10.0 Å². The lowest BCUT2D eigenvalue weighted by atomic mass is 9.64. The molecule has 6 heteroatoms. The SMILES string of the molecule is COCC(O)CCNC(=O)C1(c2ccc(Cl)c(Cl)c2)CCC1. The van der Waals surface area contributed by atoms with Crippen LogP contribution >= 0.6 is 23.2 Å². The Hall–Kier alpha value is -0.810. The van der Waals surface area contributed by atoms with Crippen molar-refractivity contribution >= 4 is 29.1 Å². The summed E-state index contributed by atoms with van der Waals surface area (Å²) in [5.41, 5.74) is 0.392. The number of carbonyl (C=O) groups excluding carboxylic acids is 1. The third-order valence-corrected chi connectivity index (χ3v) is 4.98. The summed E-state index contributed by atoms with van der Waals surface area (Å²) in [4.78, 5) is 12.6. The fraction of sp³-hybridized carbons (Fsp3) is 0.562. The number of benzene rings is 1. The number of nitrogens with one attached hydrogen (secondary N) is 1. The number of hydrogen-bond donors (Lipinski definition) is 2. The van der Waals surface area contributed by atoms with Gasteiger partial charge in [-0.1, -0.05) is 35.7 Å². The van der Waals surface area contributed by atoms with Gasteiger partial charge in [0, 0.05) is 13.7 Å². The molecule has 0 radical (unpaired) electrons. The van der Waals surface area contributed by atoms with E-state index >= 15 is 0 Å². The molecule has 4 nitrogen and oxygen atoms in total. The van der Waals surface area contributed by atoms with Crippen molar-refractivity contribution in [1.29, 1.82) is 0 Å². The van der Waals surface area contributed by atoms with Gasteiger partial charge >= 0.3 is 0 Å². The van der Waals surface area contributed by atoms with E-state index < -0.39 is 11.5 Å². The van der Waals surface area contributed by atoms with Crippen LogP contribution in [0, 0.1) is 0 Å². The van der Waals surface area contributed by atoms with Crippen LogP contribution in [0.1, 0.15) is 31.2 Å². The molecule has 2 N–H and O–H groups in total. The fourth-order valence-electron chi connectivity index (χ4n) is 2.77. The molecule has 22 heavy (non-hydrogen) atoms. The number of methoxy groups -OCH3 is 1. The van der Waals surface area contributed by atoms with Gasteiger partial charge in [0.15, 0.2) is 0 Å². The Morgan fingerprint density at radius 3 is 2.68 bits per heavy atom. The number of halogens is 2. The summed E-state index contributed by atoms with van der Waals surface area (Å²) >= 11 is 12.0. The highest BCUT2D eigenvalue weighted by Crippen LogP contribution is 2.45. The quantitative estimate of drug-likeness (QED) is 0.798. The molecule has 0 aliphatic heterocycles. The van der Waals surface area contributed by atoms with Crippen molar-refractivity contribution in [2.75, 3.05) is 20.3 Å². The normalized spacial score (nSPS) is 17.6. The van der Waals surface area contributed by atoms with Crippen molar-refractivity contribution in [3.05, 3.63) is 33.8 Å². The molecule has 0 bridgehead atoms. The van der Waals surface area contributed by atoms with Crippen molar-refractivity contribution < 1.29 is 14.6 Å². The largest absolute Gasteiger partial charge is 0.391 e. The van der Waals surface area contributed by atoms with E-state index in [4.69, 9.17) is 27.9 Å². The van der Waals surface area contributed by atoms with Crippen molar-refractivity contribution in [3.63, 3.8) is 0 Å². The topological polar surface area (TPSA) is 58.6 Å². The average Bonchev–Trinajstić information content (AvgIpc) is 2.42. The Balaban J connectivity index is 2.00. The third-order valence-electron chi connectivity index (χ3n) is 4.24. The molecule has 1 saturated carbocycles. The summed E-state index contributed by atoms with van der Waals surface area (Å²) in [5.74, 6) is -0.0123. The molecule has 1 atom stereocenters. The van der Waals surface area contributed by atoms with Crippen LogP contribution in [0.25, 0.3) is 0 Å². The van der Waals surface area contributed by atoms with E-state index in [1.165, 1.54) is 7.11 Å². The summed E-state index contributed by atoms with van der Waals surface area (Å²) in [7, 11) is 1.54. The number of hydrogen-bond acceptors (Lipinski definition) is 3. The maximum atomic E-state index is 12.6. The van der Waals surface area contributed by atoms with Crippen LogP contribution in [-0.4, -0.2) is 37.4 Å². The smallest absolute Gasteiger partial charge is 0.230 e. The van der Waals surface area contributed by atoms with E-state index in [9.17, 15) is 9.90 Å². The molecule has 0 saturated heterocycles. The molecule has 1 amide bonds. The van der Waals surface area contributed by atoms with Gasteiger partial charge in [-0.2, -0.15) is 0 Å². The second-order valence-corrected chi connectivity index (χ2v) is 6.53. The first-order chi connectivity index (χ1) is 10.5. The molecule has 1 fully saturated rings. The minimum Gasteiger partial charge on any atom is -0.391 e. The maximum absolute atomic E-state index is 12.6. The molecular weight excluding hydrogens is 325 g/mol. The zero-order valence-electron chi connectivity index (χ0n) is 12.6. The molecule has 0 spiro atoms. The van der Waals surface area contributed by atoms with Gasteiger partial charge in [0.25, 0.3) is 0 Å². The van der Waals surface area contributed by atoms with Gasteiger partial charge in [0.1, 0.15) is 0 Å². The van der Waals surface area contributed by atoms with Gasteiger partial charge in [-0.15, -0.1) is 0 Å². The minimum atomic E-state index is -0.562. The van der Waals surface area contributed by atoms with E-state index in [-0.39, 0.29) is 12.5 Å². The highest BCUT2D eigenvalue weighted by atomic mass is 35.5. The monoisotopic (exact) mass is 345 g/mol. The first-order valence-corrected chi connectivity index (χ1v) is 8.16. The first-order valence-electron chi connectivity index (χ1n) is 7.40. The summed E-state index contributed by atoms with van der Waals surface area (Å²) in [6.45, 7) is 0.695. The minimum absolute atomic E-state index is 0.0123. The van der Waals surface area contributed by atoms with Gasteiger partial charge in [0.2, 0.25) is 5.91 Å². The fourth-order valence-corrected chi connectivity index (χ4v) is 3.07. The number of amides is 1. The molecule has 2 rings (SSSR count). The molecule has 1 aliphatic carbocycles. The highest BCUT2D eigenvalue weighted by molar-refractivity contribution is 6.42. The van der Waals surface area contributed by atoms with Crippen LogP contribution in [-0.2, 0) is 14.9 Å². The molecule has 0 heterocycles. The van der Waals surface area contributed by atoms with Crippen molar-refractivity contribution in [1.82, 2.24) is 5.32 Å². The van der Waals surface area contributed by atoms with Crippen molar-refractivity contribution in [3.8, 4) is 0 Å². The van der Waals surface area contributed by atoms with Gasteiger partial charge in [-0.25, -0.2) is 0 Å². The maximum Gasteiger partial charge on any atom is 0.230 e. The number of rotatable bonds is 7. The average molecular weight is 346 g/mol. The standard InChI is InChI=1S/C16H21Cl2NO3/c1-22-10-12(20)5-8-19-15(21)16(6-2-7-16)11-3-4-13(17)14(18)9-11/h3-4,9,12,20H,2,5-8,10H2,1H3,(H,19,21). The lowest BCUT2D eigenvalue weighted by Gasteiger charge is -2.41. The van der Waals surface area contributed by atoms with Crippen LogP contribution in [0.3, 0.4) is 0 Å². The van der Waals surface area contributed by atoms with Crippen LogP contribution in [0.4, 0.5) is 0 Å². The first kappa shape index (κ1) is 17.5. The Kier molecular flexibility index (Phi) is 6.09. The van der Waals surface area contributed by atoms with Gasteiger partial charge < -0.3 is 15.2 Å². The van der Waals surface area contributed by atoms with E-state index in [2.05, 4.69) is 5.32 Å². The van der Waals surface area contributed by atoms with E-state index in [0.29, 0.717) is 23.0 Å². The van der Waals surface area contributed by atoms with Crippen LogP contribution < -0.4 is 5.32 Å². The van der Waals surface area contributed by atoms with Gasteiger partial charge in [0.05, 0.1) is 28.2 Å². The Morgan fingerprint density at radius 2 is 2.14 bits per heavy atom. The van der Waals surface area contributed by atoms with Gasteiger partial charge in [-0.05, 0) is 37.0 Å². The van der Waals surface area contributed by atoms with E-state index in [1.54, 1.807) is 12.1 Å². The number of ether oxygens (including phenoxy) is 1. The number of carbonyl (C=O) groups is 1. The zero-order chi connectivity index (χ0) is 16.2. The van der Waals surface area contributed by atoms with Crippen molar-refractivity contribution in [2.24, 2.45) is 0 Å². The molecule has 1 aromatic carbocycles. The lowest BCUT2D eigenvalue weighted by Crippen LogP contribution is -2.49. The lowest BCUT2D eigenvalue weighted by molar-refractivity contribution is -0.130.